The highest BCUT2D eigenvalue weighted by molar-refractivity contribution is 7.09. The number of carbonyl (C=O) groups is 1. The van der Waals surface area contributed by atoms with E-state index in [1.807, 2.05) is 12.3 Å². The number of thiazole rings is 1. The SMILES string of the molecule is Cc1nc(CC2(C#N)CCCCC2=O)cs1. The molecule has 0 aliphatic heterocycles. The first-order chi connectivity index (χ1) is 7.66. The maximum atomic E-state index is 11.9. The molecule has 2 rings (SSSR count). The van der Waals surface area contributed by atoms with Crippen LogP contribution >= 0.6 is 11.3 Å². The molecule has 0 N–H and O–H groups in total. The van der Waals surface area contributed by atoms with E-state index in [9.17, 15) is 10.1 Å². The third-order valence-corrected chi connectivity index (χ3v) is 3.98. The van der Waals surface area contributed by atoms with Crippen LogP contribution in [0.1, 0.15) is 36.4 Å². The van der Waals surface area contributed by atoms with E-state index in [1.165, 1.54) is 0 Å². The molecule has 0 saturated heterocycles. The number of hydrogen-bond acceptors (Lipinski definition) is 4. The second-order valence-corrected chi connectivity index (χ2v) is 5.42. The summed E-state index contributed by atoms with van der Waals surface area (Å²) >= 11 is 1.57. The summed E-state index contributed by atoms with van der Waals surface area (Å²) in [5.74, 6) is 0.104. The predicted molar refractivity (Wildman–Crippen MR) is 62.1 cm³/mol. The molecular weight excluding hydrogens is 220 g/mol. The van der Waals surface area contributed by atoms with Crippen molar-refractivity contribution < 1.29 is 4.79 Å². The third kappa shape index (κ3) is 2.00. The van der Waals surface area contributed by atoms with Crippen LogP contribution in [0, 0.1) is 23.7 Å². The summed E-state index contributed by atoms with van der Waals surface area (Å²) in [6.07, 6.45) is 3.64. The van der Waals surface area contributed by atoms with Crippen molar-refractivity contribution >= 4 is 17.1 Å². The molecule has 1 aromatic rings. The topological polar surface area (TPSA) is 53.8 Å². The van der Waals surface area contributed by atoms with Gasteiger partial charge in [0.05, 0.1) is 16.8 Å². The minimum absolute atomic E-state index is 0.104. The predicted octanol–water partition coefficient (Wildman–Crippen LogP) is 2.65. The lowest BCUT2D eigenvalue weighted by Crippen LogP contribution is -2.35. The van der Waals surface area contributed by atoms with E-state index in [1.54, 1.807) is 11.3 Å². The van der Waals surface area contributed by atoms with Gasteiger partial charge in [0.25, 0.3) is 0 Å². The second kappa shape index (κ2) is 4.34. The van der Waals surface area contributed by atoms with E-state index in [2.05, 4.69) is 11.1 Å². The Balaban J connectivity index is 2.22. The summed E-state index contributed by atoms with van der Waals surface area (Å²) in [7, 11) is 0. The molecule has 3 nitrogen and oxygen atoms in total. The molecule has 1 aliphatic carbocycles. The second-order valence-electron chi connectivity index (χ2n) is 4.36. The molecule has 84 valence electrons. The van der Waals surface area contributed by atoms with Crippen LogP contribution in [0.25, 0.3) is 0 Å². The van der Waals surface area contributed by atoms with Crippen LogP contribution in [0.3, 0.4) is 0 Å². The molecule has 0 bridgehead atoms. The van der Waals surface area contributed by atoms with Gasteiger partial charge >= 0.3 is 0 Å². The largest absolute Gasteiger partial charge is 0.298 e. The van der Waals surface area contributed by atoms with Gasteiger partial charge in [-0.15, -0.1) is 11.3 Å². The Kier molecular flexibility index (Phi) is 3.06. The highest BCUT2D eigenvalue weighted by atomic mass is 32.1. The van der Waals surface area contributed by atoms with Crippen molar-refractivity contribution in [1.29, 1.82) is 5.26 Å². The molecule has 1 fully saturated rings. The van der Waals surface area contributed by atoms with Crippen molar-refractivity contribution in [3.8, 4) is 6.07 Å². The monoisotopic (exact) mass is 234 g/mol. The van der Waals surface area contributed by atoms with E-state index < -0.39 is 5.41 Å². The fraction of sp³-hybridized carbons (Fsp3) is 0.583. The van der Waals surface area contributed by atoms with Gasteiger partial charge < -0.3 is 0 Å². The van der Waals surface area contributed by atoms with Crippen molar-refractivity contribution in [1.82, 2.24) is 4.98 Å². The molecule has 0 radical (unpaired) electrons. The number of aromatic nitrogens is 1. The minimum atomic E-state index is -0.793. The van der Waals surface area contributed by atoms with Gasteiger partial charge in [0.15, 0.2) is 5.78 Å². The Morgan fingerprint density at radius 2 is 2.44 bits per heavy atom. The normalized spacial score (nSPS) is 25.4. The van der Waals surface area contributed by atoms with E-state index >= 15 is 0 Å². The number of rotatable bonds is 2. The average molecular weight is 234 g/mol. The molecule has 1 heterocycles. The summed E-state index contributed by atoms with van der Waals surface area (Å²) in [6, 6.07) is 2.24. The summed E-state index contributed by atoms with van der Waals surface area (Å²) in [6.45, 7) is 1.94. The fourth-order valence-electron chi connectivity index (χ4n) is 2.23. The van der Waals surface area contributed by atoms with Crippen LogP contribution in [0.5, 0.6) is 0 Å². The lowest BCUT2D eigenvalue weighted by Gasteiger charge is -2.28. The number of nitrogens with zero attached hydrogens (tertiary/aromatic N) is 2. The van der Waals surface area contributed by atoms with E-state index in [4.69, 9.17) is 0 Å². The summed E-state index contributed by atoms with van der Waals surface area (Å²) in [4.78, 5) is 16.3. The lowest BCUT2D eigenvalue weighted by atomic mass is 9.71. The van der Waals surface area contributed by atoms with Crippen molar-refractivity contribution in [3.63, 3.8) is 0 Å². The first-order valence-corrected chi connectivity index (χ1v) is 6.40. The molecule has 1 atom stereocenters. The van der Waals surface area contributed by atoms with Gasteiger partial charge in [0, 0.05) is 18.2 Å². The summed E-state index contributed by atoms with van der Waals surface area (Å²) in [5, 5.41) is 12.2. The van der Waals surface area contributed by atoms with Gasteiger partial charge in [0.2, 0.25) is 0 Å². The maximum Gasteiger partial charge on any atom is 0.153 e. The fourth-order valence-corrected chi connectivity index (χ4v) is 2.85. The zero-order valence-electron chi connectivity index (χ0n) is 9.32. The smallest absolute Gasteiger partial charge is 0.153 e. The molecule has 1 aliphatic rings. The first kappa shape index (κ1) is 11.3. The van der Waals surface area contributed by atoms with Crippen molar-refractivity contribution in [2.45, 2.75) is 39.0 Å². The average Bonchev–Trinajstić information content (AvgIpc) is 2.67. The van der Waals surface area contributed by atoms with Gasteiger partial charge in [-0.3, -0.25) is 4.79 Å². The minimum Gasteiger partial charge on any atom is -0.298 e. The summed E-state index contributed by atoms with van der Waals surface area (Å²) < 4.78 is 0. The van der Waals surface area contributed by atoms with Gasteiger partial charge in [0.1, 0.15) is 5.41 Å². The quantitative estimate of drug-likeness (QED) is 0.790. The first-order valence-electron chi connectivity index (χ1n) is 5.52. The van der Waals surface area contributed by atoms with Crippen LogP contribution in [0.2, 0.25) is 0 Å². The van der Waals surface area contributed by atoms with Crippen molar-refractivity contribution in [3.05, 3.63) is 16.1 Å². The van der Waals surface area contributed by atoms with Crippen LogP contribution in [-0.4, -0.2) is 10.8 Å². The zero-order valence-corrected chi connectivity index (χ0v) is 10.1. The highest BCUT2D eigenvalue weighted by Crippen LogP contribution is 2.36. The molecule has 0 aromatic carbocycles. The van der Waals surface area contributed by atoms with Crippen LogP contribution in [-0.2, 0) is 11.2 Å². The van der Waals surface area contributed by atoms with Gasteiger partial charge in [-0.25, -0.2) is 4.98 Å². The van der Waals surface area contributed by atoms with E-state index in [-0.39, 0.29) is 5.78 Å². The van der Waals surface area contributed by atoms with E-state index in [0.29, 0.717) is 19.3 Å². The van der Waals surface area contributed by atoms with Gasteiger partial charge in [-0.1, -0.05) is 6.42 Å². The Labute approximate surface area is 99.1 Å². The Morgan fingerprint density at radius 3 is 3.00 bits per heavy atom. The third-order valence-electron chi connectivity index (χ3n) is 3.15. The highest BCUT2D eigenvalue weighted by Gasteiger charge is 2.40. The van der Waals surface area contributed by atoms with Crippen LogP contribution in [0.4, 0.5) is 0 Å². The maximum absolute atomic E-state index is 11.9. The summed E-state index contributed by atoms with van der Waals surface area (Å²) in [5.41, 5.74) is 0.0953. The Hall–Kier alpha value is -1.21. The number of hydrogen-bond donors (Lipinski definition) is 0. The Morgan fingerprint density at radius 1 is 1.62 bits per heavy atom. The Bertz CT molecular complexity index is 446. The molecule has 0 spiro atoms. The molecule has 1 aromatic heterocycles. The number of aryl methyl sites for hydroxylation is 1. The molecule has 1 saturated carbocycles. The van der Waals surface area contributed by atoms with Crippen molar-refractivity contribution in [2.24, 2.45) is 5.41 Å². The number of Topliss-reactive ketones (excluding diaryl/α,β-unsaturated/α-hetero) is 1. The van der Waals surface area contributed by atoms with E-state index in [0.717, 1.165) is 23.5 Å². The van der Waals surface area contributed by atoms with Crippen LogP contribution in [0.15, 0.2) is 5.38 Å². The number of carbonyl (C=O) groups excluding carboxylic acids is 1. The standard InChI is InChI=1S/C12H14N2OS/c1-9-14-10(7-16-9)6-12(8-13)5-3-2-4-11(12)15/h7H,2-6H2,1H3. The van der Waals surface area contributed by atoms with Crippen molar-refractivity contribution in [2.75, 3.05) is 0 Å². The molecule has 1 unspecified atom stereocenters. The molecule has 0 amide bonds. The van der Waals surface area contributed by atoms with Gasteiger partial charge in [-0.05, 0) is 19.8 Å². The number of ketones is 1. The van der Waals surface area contributed by atoms with Crippen LogP contribution < -0.4 is 0 Å². The lowest BCUT2D eigenvalue weighted by molar-refractivity contribution is -0.128. The number of nitriles is 1. The molecular formula is C12H14N2OS. The zero-order chi connectivity index (χ0) is 11.6. The molecule has 16 heavy (non-hydrogen) atoms. The van der Waals surface area contributed by atoms with Gasteiger partial charge in [-0.2, -0.15) is 5.26 Å². The molecule has 4 heteroatoms.